The van der Waals surface area contributed by atoms with Gasteiger partial charge in [0, 0.05) is 24.5 Å². The lowest BCUT2D eigenvalue weighted by atomic mass is 10.0. The predicted octanol–water partition coefficient (Wildman–Crippen LogP) is 2.82. The zero-order valence-corrected chi connectivity index (χ0v) is 15.9. The number of nitrogens with one attached hydrogen (secondary N) is 1. The van der Waals surface area contributed by atoms with Gasteiger partial charge in [0.15, 0.2) is 0 Å². The van der Waals surface area contributed by atoms with E-state index in [0.29, 0.717) is 26.2 Å². The number of rotatable bonds is 6. The fourth-order valence-electron chi connectivity index (χ4n) is 3.69. The van der Waals surface area contributed by atoms with E-state index in [1.807, 2.05) is 36.9 Å². The molecule has 0 radical (unpaired) electrons. The maximum absolute atomic E-state index is 12.4. The summed E-state index contributed by atoms with van der Waals surface area (Å²) in [6, 6.07) is 8.07. The Morgan fingerprint density at radius 3 is 2.70 bits per heavy atom. The van der Waals surface area contributed by atoms with Gasteiger partial charge in [0.1, 0.15) is 11.3 Å². The number of carbonyl (C=O) groups excluding carboxylic acids is 1. The van der Waals surface area contributed by atoms with Crippen LogP contribution in [-0.2, 0) is 11.3 Å². The molecule has 2 aromatic rings. The lowest BCUT2D eigenvalue weighted by molar-refractivity contribution is -0.139. The second-order valence-corrected chi connectivity index (χ2v) is 7.09. The van der Waals surface area contributed by atoms with E-state index in [-0.39, 0.29) is 18.6 Å². The molecule has 1 aliphatic heterocycles. The number of carbonyl (C=O) groups is 2. The third-order valence-corrected chi connectivity index (χ3v) is 5.15. The number of likely N-dealkylation sites (tertiary alicyclic amines) is 1. The van der Waals surface area contributed by atoms with Gasteiger partial charge in [0.05, 0.1) is 13.1 Å². The number of urea groups is 1. The highest BCUT2D eigenvalue weighted by Crippen LogP contribution is 2.21. The van der Waals surface area contributed by atoms with Crippen LogP contribution in [0, 0.1) is 6.92 Å². The van der Waals surface area contributed by atoms with Crippen molar-refractivity contribution in [1.29, 1.82) is 0 Å². The zero-order chi connectivity index (χ0) is 19.4. The first-order chi connectivity index (χ1) is 13.0. The molecule has 0 bridgehead atoms. The Labute approximate surface area is 158 Å². The Bertz CT molecular complexity index is 809. The molecule has 27 heavy (non-hydrogen) atoms. The molecule has 0 saturated carbocycles. The summed E-state index contributed by atoms with van der Waals surface area (Å²) in [6.07, 6.45) is 1.58. The molecule has 0 atom stereocenters. The Balaban J connectivity index is 1.49. The number of aryl methyl sites for hydroxylation is 1. The van der Waals surface area contributed by atoms with Crippen LogP contribution >= 0.6 is 0 Å². The minimum absolute atomic E-state index is 0.0545. The summed E-state index contributed by atoms with van der Waals surface area (Å²) in [5.74, 6) is -0.0736. The largest absolute Gasteiger partial charge is 0.480 e. The van der Waals surface area contributed by atoms with Crippen molar-refractivity contribution in [2.75, 3.05) is 26.2 Å². The second kappa shape index (κ2) is 8.43. The molecule has 1 saturated heterocycles. The van der Waals surface area contributed by atoms with Crippen LogP contribution in [0.3, 0.4) is 0 Å². The molecule has 7 nitrogen and oxygen atoms in total. The van der Waals surface area contributed by atoms with Gasteiger partial charge in [-0.05, 0) is 44.5 Å². The highest BCUT2D eigenvalue weighted by Gasteiger charge is 2.27. The van der Waals surface area contributed by atoms with Crippen LogP contribution in [0.2, 0.25) is 0 Å². The smallest absolute Gasteiger partial charge is 0.317 e. The van der Waals surface area contributed by atoms with Crippen molar-refractivity contribution in [2.45, 2.75) is 39.3 Å². The number of hydrogen-bond acceptors (Lipinski definition) is 4. The highest BCUT2D eigenvalue weighted by molar-refractivity contribution is 5.79. The zero-order valence-electron chi connectivity index (χ0n) is 15.9. The number of fused-ring (bicyclic) bond motifs is 1. The van der Waals surface area contributed by atoms with E-state index in [1.54, 1.807) is 4.90 Å². The van der Waals surface area contributed by atoms with Gasteiger partial charge in [0.25, 0.3) is 0 Å². The topological polar surface area (TPSA) is 86.0 Å². The minimum Gasteiger partial charge on any atom is -0.480 e. The Kier molecular flexibility index (Phi) is 6.01. The Morgan fingerprint density at radius 2 is 2.04 bits per heavy atom. The summed E-state index contributed by atoms with van der Waals surface area (Å²) in [7, 11) is 0. The lowest BCUT2D eigenvalue weighted by Crippen LogP contribution is -2.50. The maximum Gasteiger partial charge on any atom is 0.317 e. The first-order valence-electron chi connectivity index (χ1n) is 9.44. The van der Waals surface area contributed by atoms with E-state index in [2.05, 4.69) is 11.4 Å². The van der Waals surface area contributed by atoms with E-state index in [9.17, 15) is 9.59 Å². The molecular formula is C20H27N3O4. The second-order valence-electron chi connectivity index (χ2n) is 7.09. The number of piperidine rings is 1. The first kappa shape index (κ1) is 19.2. The molecule has 0 unspecified atom stereocenters. The molecule has 1 aliphatic rings. The Hall–Kier alpha value is -2.54. The van der Waals surface area contributed by atoms with E-state index >= 15 is 0 Å². The number of likely N-dealkylation sites (N-methyl/N-ethyl adjacent to an activating group) is 1. The molecule has 1 aromatic carbocycles. The van der Waals surface area contributed by atoms with E-state index in [0.717, 1.165) is 29.6 Å². The van der Waals surface area contributed by atoms with Crippen molar-refractivity contribution < 1.29 is 19.1 Å². The van der Waals surface area contributed by atoms with E-state index in [1.165, 1.54) is 5.56 Å². The summed E-state index contributed by atoms with van der Waals surface area (Å²) < 4.78 is 5.77. The molecule has 0 aliphatic carbocycles. The molecule has 2 heterocycles. The van der Waals surface area contributed by atoms with Gasteiger partial charge in [-0.3, -0.25) is 9.69 Å². The predicted molar refractivity (Wildman–Crippen MR) is 103 cm³/mol. The van der Waals surface area contributed by atoms with Gasteiger partial charge in [-0.25, -0.2) is 4.79 Å². The highest BCUT2D eigenvalue weighted by atomic mass is 16.4. The number of benzene rings is 1. The van der Waals surface area contributed by atoms with Crippen molar-refractivity contribution >= 4 is 23.0 Å². The normalized spacial score (nSPS) is 15.4. The summed E-state index contributed by atoms with van der Waals surface area (Å²) in [6.45, 7) is 6.38. The van der Waals surface area contributed by atoms with E-state index in [4.69, 9.17) is 9.52 Å². The van der Waals surface area contributed by atoms with Gasteiger partial charge in [0.2, 0.25) is 0 Å². The average Bonchev–Trinajstić information content (AvgIpc) is 3.06. The van der Waals surface area contributed by atoms with Crippen LogP contribution in [0.4, 0.5) is 4.79 Å². The number of carboxylic acid groups (broad SMARTS) is 1. The molecule has 146 valence electrons. The summed E-state index contributed by atoms with van der Waals surface area (Å²) >= 11 is 0. The van der Waals surface area contributed by atoms with Crippen molar-refractivity contribution in [2.24, 2.45) is 0 Å². The molecule has 2 amide bonds. The minimum atomic E-state index is -0.807. The molecule has 7 heteroatoms. The van der Waals surface area contributed by atoms with Crippen LogP contribution in [0.5, 0.6) is 0 Å². The number of carboxylic acids is 1. The quantitative estimate of drug-likeness (QED) is 0.813. The summed E-state index contributed by atoms with van der Waals surface area (Å²) in [4.78, 5) is 27.1. The number of amides is 2. The standard InChI is InChI=1S/C20H27N3O4/c1-3-22(13-19(24)25)16-6-8-23(9-7-16)20(26)21-12-17-11-15-10-14(2)4-5-18(15)27-17/h4-5,10-11,16H,3,6-9,12-13H2,1-2H3,(H,21,26)(H,24,25). The fourth-order valence-corrected chi connectivity index (χ4v) is 3.69. The van der Waals surface area contributed by atoms with Crippen molar-refractivity contribution in [3.8, 4) is 0 Å². The third kappa shape index (κ3) is 4.80. The van der Waals surface area contributed by atoms with Gasteiger partial charge >= 0.3 is 12.0 Å². The van der Waals surface area contributed by atoms with Crippen molar-refractivity contribution in [1.82, 2.24) is 15.1 Å². The number of hydrogen-bond donors (Lipinski definition) is 2. The first-order valence-corrected chi connectivity index (χ1v) is 9.44. The number of aliphatic carboxylic acids is 1. The van der Waals surface area contributed by atoms with Crippen LogP contribution in [0.1, 0.15) is 31.1 Å². The van der Waals surface area contributed by atoms with Gasteiger partial charge in [-0.2, -0.15) is 0 Å². The molecule has 3 rings (SSSR count). The van der Waals surface area contributed by atoms with Crippen LogP contribution in [-0.4, -0.2) is 59.1 Å². The summed E-state index contributed by atoms with van der Waals surface area (Å²) in [5, 5.41) is 13.0. The Morgan fingerprint density at radius 1 is 1.30 bits per heavy atom. The van der Waals surface area contributed by atoms with Crippen molar-refractivity contribution in [3.05, 3.63) is 35.6 Å². The maximum atomic E-state index is 12.4. The molecular weight excluding hydrogens is 346 g/mol. The molecule has 1 aromatic heterocycles. The van der Waals surface area contributed by atoms with Gasteiger partial charge in [-0.1, -0.05) is 18.6 Å². The third-order valence-electron chi connectivity index (χ3n) is 5.15. The van der Waals surface area contributed by atoms with Crippen LogP contribution in [0.25, 0.3) is 11.0 Å². The van der Waals surface area contributed by atoms with Crippen LogP contribution in [0.15, 0.2) is 28.7 Å². The molecule has 1 fully saturated rings. The van der Waals surface area contributed by atoms with E-state index < -0.39 is 5.97 Å². The number of furan rings is 1. The lowest BCUT2D eigenvalue weighted by Gasteiger charge is -2.37. The van der Waals surface area contributed by atoms with Gasteiger partial charge < -0.3 is 19.7 Å². The summed E-state index contributed by atoms with van der Waals surface area (Å²) in [5.41, 5.74) is 1.99. The van der Waals surface area contributed by atoms with Crippen molar-refractivity contribution in [3.63, 3.8) is 0 Å². The van der Waals surface area contributed by atoms with Crippen LogP contribution < -0.4 is 5.32 Å². The fraction of sp³-hybridized carbons (Fsp3) is 0.500. The molecule has 2 N–H and O–H groups in total. The molecule has 0 spiro atoms. The number of nitrogens with zero attached hydrogens (tertiary/aromatic N) is 2. The monoisotopic (exact) mass is 373 g/mol. The van der Waals surface area contributed by atoms with Gasteiger partial charge in [-0.15, -0.1) is 0 Å². The SMILES string of the molecule is CCN(CC(=O)O)C1CCN(C(=O)NCc2cc3cc(C)ccc3o2)CC1. The average molecular weight is 373 g/mol.